The summed E-state index contributed by atoms with van der Waals surface area (Å²) in [5.74, 6) is -0.161. The van der Waals surface area contributed by atoms with Crippen LogP contribution in [0.2, 0.25) is 0 Å². The zero-order valence-corrected chi connectivity index (χ0v) is 20.3. The predicted octanol–water partition coefficient (Wildman–Crippen LogP) is 6.77. The lowest BCUT2D eigenvalue weighted by Gasteiger charge is -2.14. The lowest BCUT2D eigenvalue weighted by molar-refractivity contribution is 0.102. The van der Waals surface area contributed by atoms with Crippen LogP contribution in [0.15, 0.2) is 90.1 Å². The van der Waals surface area contributed by atoms with Crippen molar-refractivity contribution in [3.63, 3.8) is 0 Å². The van der Waals surface area contributed by atoms with Gasteiger partial charge in [0, 0.05) is 46.7 Å². The Hall–Kier alpha value is -3.97. The molecule has 0 unspecified atom stereocenters. The summed E-state index contributed by atoms with van der Waals surface area (Å²) in [5, 5.41) is 6.48. The van der Waals surface area contributed by atoms with Gasteiger partial charge in [-0.1, -0.05) is 24.3 Å². The number of benzene rings is 2. The smallest absolute Gasteiger partial charge is 0.255 e. The van der Waals surface area contributed by atoms with Crippen molar-refractivity contribution in [2.45, 2.75) is 13.8 Å². The Bertz CT molecular complexity index is 1510. The third-order valence-electron chi connectivity index (χ3n) is 5.60. The van der Waals surface area contributed by atoms with E-state index in [1.165, 1.54) is 0 Å². The van der Waals surface area contributed by atoms with Crippen LogP contribution < -0.4 is 10.6 Å². The van der Waals surface area contributed by atoms with Crippen LogP contribution in [-0.2, 0) is 0 Å². The molecule has 5 rings (SSSR count). The first kappa shape index (κ1) is 21.9. The first-order valence-electron chi connectivity index (χ1n) is 10.8. The van der Waals surface area contributed by atoms with Crippen LogP contribution in [0.3, 0.4) is 0 Å². The zero-order chi connectivity index (χ0) is 23.7. The molecule has 0 spiro atoms. The Balaban J connectivity index is 1.51. The number of hydrogen-bond acceptors (Lipinski definition) is 4. The van der Waals surface area contributed by atoms with Gasteiger partial charge in [-0.25, -0.2) is 4.98 Å². The van der Waals surface area contributed by atoms with Crippen LogP contribution >= 0.6 is 15.9 Å². The van der Waals surface area contributed by atoms with E-state index in [9.17, 15) is 4.79 Å². The molecule has 0 fully saturated rings. The molecule has 2 aromatic carbocycles. The number of anilines is 3. The van der Waals surface area contributed by atoms with Gasteiger partial charge in [0.2, 0.25) is 0 Å². The maximum absolute atomic E-state index is 12.9. The molecular formula is C27H22BrN5O. The number of aryl methyl sites for hydroxylation is 2. The summed E-state index contributed by atoms with van der Waals surface area (Å²) >= 11 is 3.58. The molecule has 6 nitrogen and oxygen atoms in total. The van der Waals surface area contributed by atoms with Crippen molar-refractivity contribution < 1.29 is 4.79 Å². The van der Waals surface area contributed by atoms with Gasteiger partial charge < -0.3 is 10.6 Å². The van der Waals surface area contributed by atoms with E-state index in [1.807, 2.05) is 91.3 Å². The lowest BCUT2D eigenvalue weighted by atomic mass is 10.1. The minimum absolute atomic E-state index is 0.161. The average Bonchev–Trinajstić information content (AvgIpc) is 3.22. The highest BCUT2D eigenvalue weighted by molar-refractivity contribution is 9.10. The number of pyridine rings is 2. The summed E-state index contributed by atoms with van der Waals surface area (Å²) in [6, 6.07) is 19.4. The number of hydrogen-bond donors (Lipinski definition) is 2. The second-order valence-corrected chi connectivity index (χ2v) is 8.95. The van der Waals surface area contributed by atoms with E-state index in [0.717, 1.165) is 49.6 Å². The van der Waals surface area contributed by atoms with E-state index < -0.39 is 0 Å². The average molecular weight is 512 g/mol. The van der Waals surface area contributed by atoms with Crippen LogP contribution in [-0.4, -0.2) is 20.3 Å². The Labute approximate surface area is 205 Å². The van der Waals surface area contributed by atoms with Gasteiger partial charge in [0.05, 0.1) is 11.9 Å². The van der Waals surface area contributed by atoms with Gasteiger partial charge in [0.1, 0.15) is 4.60 Å². The molecule has 0 aliphatic carbocycles. The van der Waals surface area contributed by atoms with E-state index in [1.54, 1.807) is 12.4 Å². The van der Waals surface area contributed by atoms with Crippen molar-refractivity contribution >= 4 is 44.5 Å². The van der Waals surface area contributed by atoms with Crippen LogP contribution in [0, 0.1) is 13.8 Å². The molecule has 7 heteroatoms. The zero-order valence-electron chi connectivity index (χ0n) is 18.7. The molecule has 34 heavy (non-hydrogen) atoms. The molecule has 5 aromatic rings. The van der Waals surface area contributed by atoms with Gasteiger partial charge in [-0.2, -0.15) is 0 Å². The van der Waals surface area contributed by atoms with Crippen LogP contribution in [0.4, 0.5) is 17.1 Å². The SMILES string of the molecule is Cc1cccc(NC(=O)c2ccc(C)c(Nc3cc(-c4cccnc4)cn4c(Br)cnc34)c2)c1. The summed E-state index contributed by atoms with van der Waals surface area (Å²) in [6.07, 6.45) is 7.38. The highest BCUT2D eigenvalue weighted by Gasteiger charge is 2.13. The second kappa shape index (κ2) is 9.11. The van der Waals surface area contributed by atoms with Gasteiger partial charge in [-0.15, -0.1) is 0 Å². The number of fused-ring (bicyclic) bond motifs is 1. The quantitative estimate of drug-likeness (QED) is 0.273. The van der Waals surface area contributed by atoms with Gasteiger partial charge in [0.15, 0.2) is 5.65 Å². The lowest BCUT2D eigenvalue weighted by Crippen LogP contribution is -2.12. The minimum Gasteiger partial charge on any atom is -0.352 e. The molecule has 3 aromatic heterocycles. The molecule has 0 radical (unpaired) electrons. The van der Waals surface area contributed by atoms with Gasteiger partial charge in [-0.3, -0.25) is 14.2 Å². The maximum Gasteiger partial charge on any atom is 0.255 e. The Morgan fingerprint density at radius 2 is 1.82 bits per heavy atom. The number of rotatable bonds is 5. The molecular weight excluding hydrogens is 490 g/mol. The molecule has 0 saturated carbocycles. The monoisotopic (exact) mass is 511 g/mol. The number of carbonyl (C=O) groups is 1. The fourth-order valence-corrected chi connectivity index (χ4v) is 4.18. The van der Waals surface area contributed by atoms with Gasteiger partial charge in [0.25, 0.3) is 5.91 Å². The second-order valence-electron chi connectivity index (χ2n) is 8.14. The molecule has 1 amide bonds. The number of amides is 1. The van der Waals surface area contributed by atoms with Crippen LogP contribution in [0.5, 0.6) is 0 Å². The number of carbonyl (C=O) groups excluding carboxylic acids is 1. The molecule has 168 valence electrons. The van der Waals surface area contributed by atoms with Crippen molar-refractivity contribution in [1.29, 1.82) is 0 Å². The summed E-state index contributed by atoms with van der Waals surface area (Å²) < 4.78 is 2.83. The number of imidazole rings is 1. The molecule has 2 N–H and O–H groups in total. The molecule has 0 bridgehead atoms. The van der Waals surface area contributed by atoms with E-state index in [2.05, 4.69) is 36.5 Å². The molecule has 0 saturated heterocycles. The van der Waals surface area contributed by atoms with Crippen LogP contribution in [0.25, 0.3) is 16.8 Å². The fourth-order valence-electron chi connectivity index (χ4n) is 3.81. The minimum atomic E-state index is -0.161. The van der Waals surface area contributed by atoms with Gasteiger partial charge >= 0.3 is 0 Å². The van der Waals surface area contributed by atoms with E-state index in [0.29, 0.717) is 5.56 Å². The first-order chi connectivity index (χ1) is 16.5. The van der Waals surface area contributed by atoms with E-state index in [4.69, 9.17) is 0 Å². The summed E-state index contributed by atoms with van der Waals surface area (Å²) in [7, 11) is 0. The summed E-state index contributed by atoms with van der Waals surface area (Å²) in [6.45, 7) is 4.01. The number of nitrogens with one attached hydrogen (secondary N) is 2. The molecule has 0 aliphatic rings. The number of nitrogens with zero attached hydrogens (tertiary/aromatic N) is 3. The van der Waals surface area contributed by atoms with E-state index in [-0.39, 0.29) is 5.91 Å². The predicted molar refractivity (Wildman–Crippen MR) is 140 cm³/mol. The standard InChI is InChI=1S/C27H22BrN5O/c1-17-5-3-7-22(11-17)31-27(34)19-9-8-18(2)23(12-19)32-24-13-21(20-6-4-10-29-14-20)16-33-25(28)15-30-26(24)33/h3-16,32H,1-2H3,(H,31,34). The Kier molecular flexibility index (Phi) is 5.86. The first-order valence-corrected chi connectivity index (χ1v) is 11.6. The molecule has 3 heterocycles. The van der Waals surface area contributed by atoms with Crippen molar-refractivity contribution in [3.05, 3.63) is 107 Å². The summed E-state index contributed by atoms with van der Waals surface area (Å²) in [4.78, 5) is 21.7. The fraction of sp³-hybridized carbons (Fsp3) is 0.0741. The molecule has 0 aliphatic heterocycles. The third-order valence-corrected chi connectivity index (χ3v) is 6.19. The van der Waals surface area contributed by atoms with Crippen molar-refractivity contribution in [1.82, 2.24) is 14.4 Å². The van der Waals surface area contributed by atoms with Crippen molar-refractivity contribution in [2.24, 2.45) is 0 Å². The Morgan fingerprint density at radius 1 is 0.941 bits per heavy atom. The maximum atomic E-state index is 12.9. The van der Waals surface area contributed by atoms with Crippen molar-refractivity contribution in [3.8, 4) is 11.1 Å². The number of halogens is 1. The van der Waals surface area contributed by atoms with Crippen LogP contribution in [0.1, 0.15) is 21.5 Å². The van der Waals surface area contributed by atoms with Crippen molar-refractivity contribution in [2.75, 3.05) is 10.6 Å². The largest absolute Gasteiger partial charge is 0.352 e. The van der Waals surface area contributed by atoms with Gasteiger partial charge in [-0.05, 0) is 77.3 Å². The third kappa shape index (κ3) is 4.43. The topological polar surface area (TPSA) is 71.3 Å². The highest BCUT2D eigenvalue weighted by Crippen LogP contribution is 2.31. The normalized spacial score (nSPS) is 10.9. The Morgan fingerprint density at radius 3 is 2.62 bits per heavy atom. The summed E-state index contributed by atoms with van der Waals surface area (Å²) in [5.41, 5.74) is 7.87. The highest BCUT2D eigenvalue weighted by atomic mass is 79.9. The van der Waals surface area contributed by atoms with E-state index >= 15 is 0 Å². The molecule has 0 atom stereocenters. The number of aromatic nitrogens is 3.